The second-order valence-electron chi connectivity index (χ2n) is 3.37. The zero-order chi connectivity index (χ0) is 10.8. The summed E-state index contributed by atoms with van der Waals surface area (Å²) < 4.78 is 5.08. The first-order valence-corrected chi connectivity index (χ1v) is 4.94. The summed E-state index contributed by atoms with van der Waals surface area (Å²) in [6, 6.07) is -0.188. The molecule has 0 spiro atoms. The molecule has 1 aromatic rings. The van der Waals surface area contributed by atoms with Gasteiger partial charge in [0.2, 0.25) is 5.95 Å². The molecule has 1 aliphatic rings. The van der Waals surface area contributed by atoms with Crippen LogP contribution in [0.2, 0.25) is 5.15 Å². The fourth-order valence-corrected chi connectivity index (χ4v) is 1.38. The van der Waals surface area contributed by atoms with E-state index in [1.54, 1.807) is 6.92 Å². The fraction of sp³-hybridized carbons (Fsp3) is 0.625. The van der Waals surface area contributed by atoms with Crippen LogP contribution in [-0.4, -0.2) is 45.6 Å². The van der Waals surface area contributed by atoms with Crippen LogP contribution in [0.4, 0.5) is 5.95 Å². The van der Waals surface area contributed by atoms with Crippen LogP contribution >= 0.6 is 11.6 Å². The van der Waals surface area contributed by atoms with E-state index in [0.29, 0.717) is 24.9 Å². The van der Waals surface area contributed by atoms with Crippen molar-refractivity contribution in [2.24, 2.45) is 0 Å². The van der Waals surface area contributed by atoms with Crippen molar-refractivity contribution in [3.05, 3.63) is 10.8 Å². The van der Waals surface area contributed by atoms with Gasteiger partial charge in [0.25, 0.3) is 0 Å². The van der Waals surface area contributed by atoms with Crippen LogP contribution in [-0.2, 0) is 4.74 Å². The molecule has 0 radical (unpaired) electrons. The third kappa shape index (κ3) is 2.34. The van der Waals surface area contributed by atoms with Crippen LogP contribution in [0.1, 0.15) is 5.69 Å². The summed E-state index contributed by atoms with van der Waals surface area (Å²) in [5.74, 6) is 0.353. The maximum atomic E-state index is 9.48. The third-order valence-corrected chi connectivity index (χ3v) is 2.52. The molecular formula is C8H11ClN4O2. The van der Waals surface area contributed by atoms with Gasteiger partial charge in [-0.1, -0.05) is 11.6 Å². The zero-order valence-corrected chi connectivity index (χ0v) is 8.90. The van der Waals surface area contributed by atoms with E-state index >= 15 is 0 Å². The maximum absolute atomic E-state index is 9.48. The molecule has 1 saturated heterocycles. The molecule has 2 N–H and O–H groups in total. The van der Waals surface area contributed by atoms with Gasteiger partial charge in [-0.3, -0.25) is 0 Å². The van der Waals surface area contributed by atoms with Gasteiger partial charge in [-0.25, -0.2) is 4.98 Å². The summed E-state index contributed by atoms with van der Waals surface area (Å²) >= 11 is 5.69. The van der Waals surface area contributed by atoms with Crippen LogP contribution in [0.25, 0.3) is 0 Å². The van der Waals surface area contributed by atoms with Gasteiger partial charge in [-0.2, -0.15) is 0 Å². The third-order valence-electron chi connectivity index (χ3n) is 2.17. The molecule has 7 heteroatoms. The SMILES string of the molecule is Cc1nc(N[C@H]2COC[C@@H]2O)nnc1Cl. The molecule has 2 rings (SSSR count). The number of hydrogen-bond acceptors (Lipinski definition) is 6. The molecular weight excluding hydrogens is 220 g/mol. The summed E-state index contributed by atoms with van der Waals surface area (Å²) in [4.78, 5) is 4.09. The number of nitrogens with one attached hydrogen (secondary N) is 1. The van der Waals surface area contributed by atoms with Crippen LogP contribution in [0.5, 0.6) is 0 Å². The molecule has 0 saturated carbocycles. The first-order valence-electron chi connectivity index (χ1n) is 4.56. The van der Waals surface area contributed by atoms with E-state index in [-0.39, 0.29) is 11.2 Å². The number of nitrogens with zero attached hydrogens (tertiary/aromatic N) is 3. The van der Waals surface area contributed by atoms with Gasteiger partial charge in [0.05, 0.1) is 31.1 Å². The summed E-state index contributed by atoms with van der Waals surface area (Å²) in [7, 11) is 0. The van der Waals surface area contributed by atoms with Gasteiger partial charge in [0, 0.05) is 0 Å². The maximum Gasteiger partial charge on any atom is 0.243 e. The number of aliphatic hydroxyl groups is 1. The van der Waals surface area contributed by atoms with Crippen molar-refractivity contribution >= 4 is 17.5 Å². The lowest BCUT2D eigenvalue weighted by Gasteiger charge is -2.13. The average Bonchev–Trinajstić information content (AvgIpc) is 2.59. The number of anilines is 1. The van der Waals surface area contributed by atoms with Crippen LogP contribution in [0.3, 0.4) is 0 Å². The minimum atomic E-state index is -0.537. The van der Waals surface area contributed by atoms with Crippen LogP contribution in [0, 0.1) is 6.92 Å². The number of aryl methyl sites for hydroxylation is 1. The Balaban J connectivity index is 2.07. The number of aliphatic hydroxyl groups excluding tert-OH is 1. The Bertz CT molecular complexity index is 362. The highest BCUT2D eigenvalue weighted by Gasteiger charge is 2.26. The standard InChI is InChI=1S/C8H11ClN4O2/c1-4-7(9)12-13-8(10-4)11-5-2-15-3-6(5)14/h5-6,14H,2-3H2,1H3,(H,10,11,13)/t5-,6-/m0/s1. The summed E-state index contributed by atoms with van der Waals surface area (Å²) in [5.41, 5.74) is 0.600. The molecule has 1 aromatic heterocycles. The molecule has 1 aliphatic heterocycles. The Morgan fingerprint density at radius 1 is 1.47 bits per heavy atom. The van der Waals surface area contributed by atoms with Crippen LogP contribution < -0.4 is 5.32 Å². The van der Waals surface area contributed by atoms with E-state index < -0.39 is 6.10 Å². The number of hydrogen-bond donors (Lipinski definition) is 2. The summed E-state index contributed by atoms with van der Waals surface area (Å²) in [6.45, 7) is 2.51. The van der Waals surface area contributed by atoms with E-state index in [1.165, 1.54) is 0 Å². The van der Waals surface area contributed by atoms with Gasteiger partial charge >= 0.3 is 0 Å². The van der Waals surface area contributed by atoms with Gasteiger partial charge in [0.15, 0.2) is 5.15 Å². The second kappa shape index (κ2) is 4.26. The van der Waals surface area contributed by atoms with Crippen molar-refractivity contribution in [1.82, 2.24) is 15.2 Å². The largest absolute Gasteiger partial charge is 0.388 e. The Hall–Kier alpha value is -0.980. The Morgan fingerprint density at radius 2 is 2.27 bits per heavy atom. The minimum absolute atomic E-state index is 0.188. The van der Waals surface area contributed by atoms with Gasteiger partial charge in [0.1, 0.15) is 0 Å². The van der Waals surface area contributed by atoms with Crippen molar-refractivity contribution in [3.8, 4) is 0 Å². The van der Waals surface area contributed by atoms with E-state index in [0.717, 1.165) is 0 Å². The van der Waals surface area contributed by atoms with E-state index in [9.17, 15) is 5.11 Å². The van der Waals surface area contributed by atoms with Gasteiger partial charge in [-0.05, 0) is 6.92 Å². The highest BCUT2D eigenvalue weighted by atomic mass is 35.5. The van der Waals surface area contributed by atoms with E-state index in [2.05, 4.69) is 20.5 Å². The summed E-state index contributed by atoms with van der Waals surface area (Å²) in [5, 5.41) is 20.2. The molecule has 82 valence electrons. The lowest BCUT2D eigenvalue weighted by atomic mass is 10.2. The Labute approximate surface area is 91.6 Å². The minimum Gasteiger partial charge on any atom is -0.388 e. The van der Waals surface area contributed by atoms with E-state index in [1.807, 2.05) is 0 Å². The Kier molecular flexibility index (Phi) is 2.99. The molecule has 0 aliphatic carbocycles. The zero-order valence-electron chi connectivity index (χ0n) is 8.14. The van der Waals surface area contributed by atoms with Crippen molar-refractivity contribution in [2.45, 2.75) is 19.1 Å². The Morgan fingerprint density at radius 3 is 2.87 bits per heavy atom. The molecule has 0 aromatic carbocycles. The molecule has 15 heavy (non-hydrogen) atoms. The number of halogens is 1. The molecule has 0 unspecified atom stereocenters. The predicted octanol–water partition coefficient (Wildman–Crippen LogP) is 0.00502. The molecule has 6 nitrogen and oxygen atoms in total. The molecule has 0 amide bonds. The molecule has 0 bridgehead atoms. The van der Waals surface area contributed by atoms with E-state index in [4.69, 9.17) is 16.3 Å². The van der Waals surface area contributed by atoms with Crippen LogP contribution in [0.15, 0.2) is 0 Å². The molecule has 2 atom stereocenters. The van der Waals surface area contributed by atoms with Crippen molar-refractivity contribution in [3.63, 3.8) is 0 Å². The lowest BCUT2D eigenvalue weighted by Crippen LogP contribution is -2.32. The smallest absolute Gasteiger partial charge is 0.243 e. The topological polar surface area (TPSA) is 80.2 Å². The number of rotatable bonds is 2. The second-order valence-corrected chi connectivity index (χ2v) is 3.73. The highest BCUT2D eigenvalue weighted by Crippen LogP contribution is 2.13. The quantitative estimate of drug-likeness (QED) is 0.745. The molecule has 2 heterocycles. The van der Waals surface area contributed by atoms with Gasteiger partial charge in [-0.15, -0.1) is 10.2 Å². The van der Waals surface area contributed by atoms with Crippen molar-refractivity contribution < 1.29 is 9.84 Å². The average molecular weight is 231 g/mol. The number of ether oxygens (including phenoxy) is 1. The monoisotopic (exact) mass is 230 g/mol. The highest BCUT2D eigenvalue weighted by molar-refractivity contribution is 6.29. The van der Waals surface area contributed by atoms with Crippen molar-refractivity contribution in [2.75, 3.05) is 18.5 Å². The van der Waals surface area contributed by atoms with Crippen molar-refractivity contribution in [1.29, 1.82) is 0 Å². The normalized spacial score (nSPS) is 25.5. The lowest BCUT2D eigenvalue weighted by molar-refractivity contribution is 0.125. The predicted molar refractivity (Wildman–Crippen MR) is 53.8 cm³/mol. The van der Waals surface area contributed by atoms with Gasteiger partial charge < -0.3 is 15.2 Å². The number of aromatic nitrogens is 3. The molecule has 1 fully saturated rings. The fourth-order valence-electron chi connectivity index (χ4n) is 1.30. The first kappa shape index (κ1) is 10.5. The first-order chi connectivity index (χ1) is 7.16. The summed E-state index contributed by atoms with van der Waals surface area (Å²) in [6.07, 6.45) is -0.537.